The number of aromatic nitrogens is 2. The van der Waals surface area contributed by atoms with E-state index in [1.165, 1.54) is 48.1 Å². The fourth-order valence-corrected chi connectivity index (χ4v) is 6.13. The lowest BCUT2D eigenvalue weighted by Gasteiger charge is -2.39. The summed E-state index contributed by atoms with van der Waals surface area (Å²) in [6.07, 6.45) is 0.776. The van der Waals surface area contributed by atoms with Gasteiger partial charge in [0.2, 0.25) is 11.8 Å². The van der Waals surface area contributed by atoms with Crippen molar-refractivity contribution in [3.05, 3.63) is 88.7 Å². The number of rotatable bonds is 8. The molecule has 14 heteroatoms. The van der Waals surface area contributed by atoms with Gasteiger partial charge in [0.15, 0.2) is 5.82 Å². The number of ether oxygens (including phenoxy) is 2. The first-order valence-corrected chi connectivity index (χ1v) is 15.6. The van der Waals surface area contributed by atoms with Gasteiger partial charge in [-0.3, -0.25) is 19.3 Å². The Morgan fingerprint density at radius 3 is 2.40 bits per heavy atom. The molecule has 3 aromatic carbocycles. The Balaban J connectivity index is 1.41. The van der Waals surface area contributed by atoms with Crippen LogP contribution in [0.4, 0.5) is 20.6 Å². The molecule has 2 atom stereocenters. The minimum absolute atomic E-state index is 0.138. The lowest BCUT2D eigenvalue weighted by Crippen LogP contribution is -2.58. The summed E-state index contributed by atoms with van der Waals surface area (Å²) >= 11 is 0. The number of para-hydroxylation sites is 1. The molecule has 4 aromatic rings. The number of benzene rings is 3. The molecular weight excluding hydrogens is 621 g/mol. The third kappa shape index (κ3) is 6.33. The molecule has 4 amide bonds. The Labute approximate surface area is 275 Å². The van der Waals surface area contributed by atoms with E-state index in [0.717, 1.165) is 0 Å². The average Bonchev–Trinajstić information content (AvgIpc) is 3.55. The fraction of sp³-hybridized carbons (Fsp3) is 0.324. The number of methoxy groups -OCH3 is 2. The van der Waals surface area contributed by atoms with Gasteiger partial charge in [-0.1, -0.05) is 12.1 Å². The molecule has 2 aliphatic rings. The normalized spacial score (nSPS) is 16.8. The van der Waals surface area contributed by atoms with Crippen LogP contribution in [-0.2, 0) is 9.59 Å². The van der Waals surface area contributed by atoms with Crippen molar-refractivity contribution in [1.82, 2.24) is 19.9 Å². The molecule has 3 heterocycles. The van der Waals surface area contributed by atoms with Crippen LogP contribution >= 0.6 is 0 Å². The van der Waals surface area contributed by atoms with Gasteiger partial charge in [-0.05, 0) is 61.9 Å². The summed E-state index contributed by atoms with van der Waals surface area (Å²) in [7, 11) is 2.99. The van der Waals surface area contributed by atoms with Crippen LogP contribution in [0, 0.1) is 5.82 Å². The smallest absolute Gasteiger partial charge is 0.327 e. The Hall–Kier alpha value is -5.66. The van der Waals surface area contributed by atoms with Crippen LogP contribution in [0.2, 0.25) is 0 Å². The minimum Gasteiger partial charge on any atom is -0.497 e. The molecule has 2 N–H and O–H groups in total. The highest BCUT2D eigenvalue weighted by molar-refractivity contribution is 6.03. The first kappa shape index (κ1) is 32.3. The number of amides is 4. The van der Waals surface area contributed by atoms with Gasteiger partial charge in [0.1, 0.15) is 23.4 Å². The zero-order valence-electron chi connectivity index (χ0n) is 26.8. The van der Waals surface area contributed by atoms with Crippen molar-refractivity contribution < 1.29 is 28.2 Å². The van der Waals surface area contributed by atoms with Gasteiger partial charge in [-0.25, -0.2) is 18.8 Å². The van der Waals surface area contributed by atoms with E-state index in [-0.39, 0.29) is 23.2 Å². The maximum absolute atomic E-state index is 14.2. The van der Waals surface area contributed by atoms with Crippen LogP contribution in [0.1, 0.15) is 31.6 Å². The third-order valence-electron chi connectivity index (χ3n) is 8.64. The number of carbonyl (C=O) groups is 3. The highest BCUT2D eigenvalue weighted by atomic mass is 19.1. The van der Waals surface area contributed by atoms with Gasteiger partial charge >= 0.3 is 6.03 Å². The Morgan fingerprint density at radius 1 is 1.00 bits per heavy atom. The molecule has 0 radical (unpaired) electrons. The lowest BCUT2D eigenvalue weighted by molar-refractivity contribution is -0.134. The third-order valence-corrected chi connectivity index (χ3v) is 8.64. The molecule has 48 heavy (non-hydrogen) atoms. The van der Waals surface area contributed by atoms with Crippen LogP contribution in [0.15, 0.2) is 71.5 Å². The maximum Gasteiger partial charge on any atom is 0.327 e. The maximum atomic E-state index is 14.2. The number of urea groups is 1. The van der Waals surface area contributed by atoms with E-state index < -0.39 is 23.9 Å². The van der Waals surface area contributed by atoms with Crippen molar-refractivity contribution in [3.63, 3.8) is 0 Å². The predicted molar refractivity (Wildman–Crippen MR) is 178 cm³/mol. The summed E-state index contributed by atoms with van der Waals surface area (Å²) in [6, 6.07) is 15.4. The molecule has 0 bridgehead atoms. The van der Waals surface area contributed by atoms with Crippen molar-refractivity contribution in [1.29, 1.82) is 0 Å². The second-order valence-electron chi connectivity index (χ2n) is 11.6. The van der Waals surface area contributed by atoms with E-state index in [1.807, 2.05) is 5.01 Å². The fourth-order valence-electron chi connectivity index (χ4n) is 6.13. The molecule has 250 valence electrons. The molecule has 6 rings (SSSR count). The Kier molecular flexibility index (Phi) is 9.15. The van der Waals surface area contributed by atoms with Crippen LogP contribution in [0.5, 0.6) is 11.5 Å². The monoisotopic (exact) mass is 657 g/mol. The number of nitrogens with one attached hydrogen (secondary N) is 2. The summed E-state index contributed by atoms with van der Waals surface area (Å²) in [5, 5.41) is 7.78. The van der Waals surface area contributed by atoms with Crippen molar-refractivity contribution in [2.45, 2.75) is 31.8 Å². The van der Waals surface area contributed by atoms with Gasteiger partial charge < -0.3 is 30.0 Å². The van der Waals surface area contributed by atoms with E-state index in [4.69, 9.17) is 14.5 Å². The number of halogens is 1. The average molecular weight is 658 g/mol. The second-order valence-corrected chi connectivity index (χ2v) is 11.6. The zero-order valence-corrected chi connectivity index (χ0v) is 26.8. The van der Waals surface area contributed by atoms with Crippen LogP contribution in [0.25, 0.3) is 10.9 Å². The van der Waals surface area contributed by atoms with E-state index in [9.17, 15) is 23.6 Å². The van der Waals surface area contributed by atoms with Gasteiger partial charge in [-0.15, -0.1) is 0 Å². The quantitative estimate of drug-likeness (QED) is 0.294. The van der Waals surface area contributed by atoms with Crippen LogP contribution in [0.3, 0.4) is 0 Å². The van der Waals surface area contributed by atoms with Crippen LogP contribution < -0.4 is 35.6 Å². The van der Waals surface area contributed by atoms with E-state index >= 15 is 0 Å². The number of anilines is 2. The van der Waals surface area contributed by atoms with Crippen molar-refractivity contribution >= 4 is 40.1 Å². The van der Waals surface area contributed by atoms with Crippen molar-refractivity contribution in [3.8, 4) is 11.5 Å². The van der Waals surface area contributed by atoms with Gasteiger partial charge in [0.05, 0.1) is 49.9 Å². The topological polar surface area (TPSA) is 138 Å². The number of hydrogen-bond donors (Lipinski definition) is 2. The highest BCUT2D eigenvalue weighted by Gasteiger charge is 2.35. The summed E-state index contributed by atoms with van der Waals surface area (Å²) in [5.74, 6) is 0.376. The van der Waals surface area contributed by atoms with E-state index in [2.05, 4.69) is 10.6 Å². The molecule has 2 unspecified atom stereocenters. The highest BCUT2D eigenvalue weighted by Crippen LogP contribution is 2.37. The predicted octanol–water partition coefficient (Wildman–Crippen LogP) is 3.41. The summed E-state index contributed by atoms with van der Waals surface area (Å²) < 4.78 is 26.2. The molecule has 2 saturated heterocycles. The number of fused-ring (bicyclic) bond motifs is 1. The van der Waals surface area contributed by atoms with E-state index in [1.54, 1.807) is 54.3 Å². The van der Waals surface area contributed by atoms with Crippen molar-refractivity contribution in [2.24, 2.45) is 0 Å². The largest absolute Gasteiger partial charge is 0.497 e. The van der Waals surface area contributed by atoms with Crippen LogP contribution in [-0.4, -0.2) is 78.8 Å². The molecule has 2 aliphatic heterocycles. The summed E-state index contributed by atoms with van der Waals surface area (Å²) in [6.45, 7) is 3.00. The summed E-state index contributed by atoms with van der Waals surface area (Å²) in [4.78, 5) is 61.3. The SMILES string of the molecule is COc1ccc(N(C(=O)Nc2ccc(F)cc2)C(C)c2nc3ccccc3c(=O)n2N2CCN(C(=O)C3CCC(=O)N3)CC2)c(OC)c1. The first-order valence-electron chi connectivity index (χ1n) is 15.6. The number of piperazine rings is 1. The molecule has 0 spiro atoms. The molecule has 0 aliphatic carbocycles. The lowest BCUT2D eigenvalue weighted by atomic mass is 10.1. The molecular formula is C34H36FN7O6. The standard InChI is InChI=1S/C34H36FN7O6/c1-21(41(28-14-12-24(47-2)20-29(28)48-3)34(46)36-23-10-8-22(35)9-11-23)31-38-26-7-5-4-6-25(26)32(44)42(31)40-18-16-39(17-19-40)33(45)27-13-15-30(43)37-27/h4-12,14,20-21,27H,13,15-19H2,1-3H3,(H,36,46)(H,37,43). The molecule has 1 aromatic heterocycles. The molecule has 2 fully saturated rings. The van der Waals surface area contributed by atoms with E-state index in [0.29, 0.717) is 72.8 Å². The van der Waals surface area contributed by atoms with Gasteiger partial charge in [-0.2, -0.15) is 0 Å². The van der Waals surface area contributed by atoms with Crippen molar-refractivity contribution in [2.75, 3.05) is 55.6 Å². The Morgan fingerprint density at radius 2 is 1.73 bits per heavy atom. The number of hydrogen-bond acceptors (Lipinski definition) is 8. The number of carbonyl (C=O) groups excluding carboxylic acids is 3. The molecule has 13 nitrogen and oxygen atoms in total. The second kappa shape index (κ2) is 13.6. The summed E-state index contributed by atoms with van der Waals surface area (Å²) in [5.41, 5.74) is 0.848. The van der Waals surface area contributed by atoms with Gasteiger partial charge in [0.25, 0.3) is 5.56 Å². The molecule has 0 saturated carbocycles. The first-order chi connectivity index (χ1) is 23.2. The number of nitrogens with zero attached hydrogens (tertiary/aromatic N) is 5. The van der Waals surface area contributed by atoms with Gasteiger partial charge in [0, 0.05) is 31.3 Å². The zero-order chi connectivity index (χ0) is 33.9. The Bertz CT molecular complexity index is 1910. The minimum atomic E-state index is -0.863.